The molecule has 25 heavy (non-hydrogen) atoms. The fourth-order valence-electron chi connectivity index (χ4n) is 3.56. The van der Waals surface area contributed by atoms with Crippen LogP contribution in [-0.2, 0) is 10.0 Å². The predicted octanol–water partition coefficient (Wildman–Crippen LogP) is 2.71. The van der Waals surface area contributed by atoms with Crippen molar-refractivity contribution >= 4 is 40.0 Å². The van der Waals surface area contributed by atoms with E-state index in [1.807, 2.05) is 0 Å². The van der Waals surface area contributed by atoms with Crippen LogP contribution in [0.2, 0.25) is 0 Å². The van der Waals surface area contributed by atoms with E-state index in [0.29, 0.717) is 24.4 Å². The van der Waals surface area contributed by atoms with Crippen molar-refractivity contribution in [3.63, 3.8) is 0 Å². The van der Waals surface area contributed by atoms with Crippen molar-refractivity contribution in [2.75, 3.05) is 32.4 Å². The third-order valence-electron chi connectivity index (χ3n) is 4.43. The second-order valence-corrected chi connectivity index (χ2v) is 9.28. The van der Waals surface area contributed by atoms with Crippen LogP contribution >= 0.6 is 24.0 Å². The van der Waals surface area contributed by atoms with Gasteiger partial charge in [0.25, 0.3) is 0 Å². The summed E-state index contributed by atoms with van der Waals surface area (Å²) in [4.78, 5) is 4.82. The number of aliphatic imine (C=N–C) groups is 1. The van der Waals surface area contributed by atoms with Crippen LogP contribution in [-0.4, -0.2) is 46.8 Å². The van der Waals surface area contributed by atoms with E-state index in [9.17, 15) is 8.42 Å². The summed E-state index contributed by atoms with van der Waals surface area (Å²) < 4.78 is 24.6. The van der Waals surface area contributed by atoms with E-state index in [0.717, 1.165) is 25.5 Å². The Kier molecular flexibility index (Phi) is 12.3. The summed E-state index contributed by atoms with van der Waals surface area (Å²) in [6.07, 6.45) is 8.37. The lowest BCUT2D eigenvalue weighted by Crippen LogP contribution is -2.39. The van der Waals surface area contributed by atoms with Crippen LogP contribution in [0.25, 0.3) is 0 Å². The maximum Gasteiger partial charge on any atom is 0.208 e. The largest absolute Gasteiger partial charge is 0.357 e. The molecule has 0 amide bonds. The lowest BCUT2D eigenvalue weighted by atomic mass is 9.78. The summed E-state index contributed by atoms with van der Waals surface area (Å²) in [7, 11) is -3.10. The third-order valence-corrected chi connectivity index (χ3v) is 5.16. The summed E-state index contributed by atoms with van der Waals surface area (Å²) in [6.45, 7) is 9.49. The first-order chi connectivity index (χ1) is 11.3. The maximum atomic E-state index is 11.0. The van der Waals surface area contributed by atoms with Gasteiger partial charge in [-0.1, -0.05) is 26.7 Å². The van der Waals surface area contributed by atoms with Crippen LogP contribution in [0, 0.1) is 11.3 Å². The van der Waals surface area contributed by atoms with E-state index in [-0.39, 0.29) is 24.0 Å². The van der Waals surface area contributed by atoms with Gasteiger partial charge in [0.2, 0.25) is 10.0 Å². The van der Waals surface area contributed by atoms with Crippen molar-refractivity contribution < 1.29 is 8.42 Å². The van der Waals surface area contributed by atoms with Crippen LogP contribution in [0.4, 0.5) is 0 Å². The van der Waals surface area contributed by atoms with Crippen LogP contribution < -0.4 is 15.4 Å². The minimum absolute atomic E-state index is 0. The first-order valence-electron chi connectivity index (χ1n) is 9.23. The highest BCUT2D eigenvalue weighted by Crippen LogP contribution is 2.43. The van der Waals surface area contributed by atoms with Gasteiger partial charge in [-0.3, -0.25) is 4.99 Å². The highest BCUT2D eigenvalue weighted by Gasteiger charge is 2.34. The number of nitrogens with zero attached hydrogens (tertiary/aromatic N) is 1. The number of halogens is 1. The fourth-order valence-corrected chi connectivity index (χ4v) is 4.07. The predicted molar refractivity (Wildman–Crippen MR) is 117 cm³/mol. The van der Waals surface area contributed by atoms with Gasteiger partial charge >= 0.3 is 0 Å². The average molecular weight is 488 g/mol. The van der Waals surface area contributed by atoms with Gasteiger partial charge in [0.05, 0.1) is 6.26 Å². The minimum Gasteiger partial charge on any atom is -0.357 e. The van der Waals surface area contributed by atoms with E-state index in [1.54, 1.807) is 0 Å². The van der Waals surface area contributed by atoms with Gasteiger partial charge in [0, 0.05) is 26.2 Å². The quantitative estimate of drug-likeness (QED) is 0.191. The molecule has 0 saturated heterocycles. The number of hydrogen-bond donors (Lipinski definition) is 3. The molecule has 0 radical (unpaired) electrons. The second kappa shape index (κ2) is 12.3. The number of hydrogen-bond acceptors (Lipinski definition) is 3. The van der Waals surface area contributed by atoms with Crippen LogP contribution in [0.3, 0.4) is 0 Å². The Balaban J connectivity index is 0.00000576. The summed E-state index contributed by atoms with van der Waals surface area (Å²) in [6, 6.07) is 0. The molecule has 1 saturated carbocycles. The van der Waals surface area contributed by atoms with Gasteiger partial charge in [-0.15, -0.1) is 24.0 Å². The van der Waals surface area contributed by atoms with Crippen LogP contribution in [0.5, 0.6) is 0 Å². The Morgan fingerprint density at radius 3 is 2.32 bits per heavy atom. The van der Waals surface area contributed by atoms with Gasteiger partial charge in [-0.05, 0) is 43.9 Å². The van der Waals surface area contributed by atoms with Gasteiger partial charge in [-0.25, -0.2) is 13.1 Å². The zero-order valence-corrected chi connectivity index (χ0v) is 19.4. The van der Waals surface area contributed by atoms with E-state index in [1.165, 1.54) is 38.4 Å². The molecule has 1 aliphatic rings. The Morgan fingerprint density at radius 2 is 1.80 bits per heavy atom. The molecule has 0 heterocycles. The summed E-state index contributed by atoms with van der Waals surface area (Å²) in [5.41, 5.74) is 0.369. The topological polar surface area (TPSA) is 82.6 Å². The van der Waals surface area contributed by atoms with Gasteiger partial charge in [0.15, 0.2) is 5.96 Å². The second-order valence-electron chi connectivity index (χ2n) is 7.45. The van der Waals surface area contributed by atoms with E-state index in [2.05, 4.69) is 36.1 Å². The number of guanidine groups is 1. The van der Waals surface area contributed by atoms with Crippen molar-refractivity contribution in [2.24, 2.45) is 16.3 Å². The van der Waals surface area contributed by atoms with Crippen molar-refractivity contribution in [2.45, 2.75) is 59.3 Å². The van der Waals surface area contributed by atoms with Crippen molar-refractivity contribution in [3.8, 4) is 0 Å². The molecule has 1 fully saturated rings. The molecule has 0 aromatic carbocycles. The molecule has 0 atom stereocenters. The zero-order chi connectivity index (χ0) is 18.1. The van der Waals surface area contributed by atoms with E-state index < -0.39 is 10.0 Å². The molecule has 0 aromatic heterocycles. The molecule has 3 N–H and O–H groups in total. The van der Waals surface area contributed by atoms with Crippen LogP contribution in [0.1, 0.15) is 59.3 Å². The summed E-state index contributed by atoms with van der Waals surface area (Å²) in [5.74, 6) is 1.54. The molecule has 6 nitrogen and oxygen atoms in total. The molecule has 150 valence electrons. The molecule has 8 heteroatoms. The first kappa shape index (κ1) is 24.9. The zero-order valence-electron chi connectivity index (χ0n) is 16.2. The molecule has 0 unspecified atom stereocenters. The highest BCUT2D eigenvalue weighted by atomic mass is 127. The SMILES string of the molecule is CCNC(=NCC1(CC(C)C)CCCC1)NCCCNS(C)(=O)=O.I. The van der Waals surface area contributed by atoms with E-state index in [4.69, 9.17) is 4.99 Å². The lowest BCUT2D eigenvalue weighted by Gasteiger charge is -2.29. The van der Waals surface area contributed by atoms with Crippen molar-refractivity contribution in [3.05, 3.63) is 0 Å². The van der Waals surface area contributed by atoms with E-state index >= 15 is 0 Å². The molecule has 1 rings (SSSR count). The average Bonchev–Trinajstić information content (AvgIpc) is 2.91. The Morgan fingerprint density at radius 1 is 1.16 bits per heavy atom. The normalized spacial score (nSPS) is 17.4. The first-order valence-corrected chi connectivity index (χ1v) is 11.1. The number of nitrogens with one attached hydrogen (secondary N) is 3. The van der Waals surface area contributed by atoms with Gasteiger partial charge in [0.1, 0.15) is 0 Å². The van der Waals surface area contributed by atoms with Crippen molar-refractivity contribution in [1.82, 2.24) is 15.4 Å². The Bertz CT molecular complexity index is 489. The standard InChI is InChI=1S/C17H36N4O2S.HI/c1-5-18-16(19-11-8-12-21-24(4,22)23)20-14-17(13-15(2)3)9-6-7-10-17;/h15,21H,5-14H2,1-4H3,(H2,18,19,20);1H. The molecule has 0 spiro atoms. The highest BCUT2D eigenvalue weighted by molar-refractivity contribution is 14.0. The van der Waals surface area contributed by atoms with Crippen LogP contribution in [0.15, 0.2) is 4.99 Å². The Hall–Kier alpha value is -0.0900. The smallest absolute Gasteiger partial charge is 0.208 e. The van der Waals surface area contributed by atoms with Gasteiger partial charge in [-0.2, -0.15) is 0 Å². The number of sulfonamides is 1. The fraction of sp³-hybridized carbons (Fsp3) is 0.941. The maximum absolute atomic E-state index is 11.0. The Labute approximate surface area is 171 Å². The minimum atomic E-state index is -3.10. The van der Waals surface area contributed by atoms with Gasteiger partial charge < -0.3 is 10.6 Å². The molecular weight excluding hydrogens is 451 g/mol. The molecule has 0 bridgehead atoms. The molecule has 0 aromatic rings. The number of rotatable bonds is 10. The molecule has 0 aliphatic heterocycles. The monoisotopic (exact) mass is 488 g/mol. The molecule has 1 aliphatic carbocycles. The summed E-state index contributed by atoms with van der Waals surface area (Å²) in [5, 5.41) is 6.59. The van der Waals surface area contributed by atoms with Crippen molar-refractivity contribution in [1.29, 1.82) is 0 Å². The summed E-state index contributed by atoms with van der Waals surface area (Å²) >= 11 is 0. The molecular formula is C17H37IN4O2S. The lowest BCUT2D eigenvalue weighted by molar-refractivity contribution is 0.245. The third kappa shape index (κ3) is 11.3.